The number of aromatic amines is 2. The number of imidazole rings is 1. The highest BCUT2D eigenvalue weighted by Crippen LogP contribution is 2.17. The zero-order valence-electron chi connectivity index (χ0n) is 11.2. The second-order valence-corrected chi connectivity index (χ2v) is 5.29. The van der Waals surface area contributed by atoms with Gasteiger partial charge in [-0.05, 0) is 50.0 Å². The number of nitrogens with one attached hydrogen (secondary N) is 4. The SMILES string of the molecule is O=C(CCC1CCNC1)Nc1ccc2[nH]c(=O)[nH]c2c1. The van der Waals surface area contributed by atoms with Crippen molar-refractivity contribution in [3.05, 3.63) is 28.7 Å². The fraction of sp³-hybridized carbons (Fsp3) is 0.429. The number of carbonyl (C=O) groups is 1. The second kappa shape index (κ2) is 5.50. The van der Waals surface area contributed by atoms with Gasteiger partial charge in [0.1, 0.15) is 0 Å². The molecule has 106 valence electrons. The van der Waals surface area contributed by atoms with Gasteiger partial charge in [-0.15, -0.1) is 0 Å². The van der Waals surface area contributed by atoms with Crippen molar-refractivity contribution in [1.82, 2.24) is 15.3 Å². The molecule has 4 N–H and O–H groups in total. The molecule has 1 aliphatic heterocycles. The van der Waals surface area contributed by atoms with Crippen LogP contribution in [0.25, 0.3) is 11.0 Å². The fourth-order valence-corrected chi connectivity index (χ4v) is 2.63. The molecule has 1 aliphatic rings. The van der Waals surface area contributed by atoms with Gasteiger partial charge in [-0.25, -0.2) is 4.79 Å². The summed E-state index contributed by atoms with van der Waals surface area (Å²) >= 11 is 0. The van der Waals surface area contributed by atoms with Crippen LogP contribution in [0.15, 0.2) is 23.0 Å². The molecule has 0 spiro atoms. The summed E-state index contributed by atoms with van der Waals surface area (Å²) in [6.45, 7) is 2.08. The van der Waals surface area contributed by atoms with E-state index in [2.05, 4.69) is 20.6 Å². The van der Waals surface area contributed by atoms with Crippen molar-refractivity contribution in [1.29, 1.82) is 0 Å². The van der Waals surface area contributed by atoms with E-state index < -0.39 is 0 Å². The van der Waals surface area contributed by atoms with Crippen LogP contribution in [0.3, 0.4) is 0 Å². The number of hydrogen-bond acceptors (Lipinski definition) is 3. The average Bonchev–Trinajstić information content (AvgIpc) is 3.04. The molecule has 1 aromatic heterocycles. The molecule has 0 bridgehead atoms. The van der Waals surface area contributed by atoms with E-state index in [-0.39, 0.29) is 11.6 Å². The van der Waals surface area contributed by atoms with Gasteiger partial charge in [0.25, 0.3) is 0 Å². The quantitative estimate of drug-likeness (QED) is 0.675. The Labute approximate surface area is 116 Å². The second-order valence-electron chi connectivity index (χ2n) is 5.29. The van der Waals surface area contributed by atoms with E-state index in [1.165, 1.54) is 0 Å². The van der Waals surface area contributed by atoms with Crippen molar-refractivity contribution in [3.8, 4) is 0 Å². The predicted octanol–water partition coefficient (Wildman–Crippen LogP) is 1.18. The Morgan fingerprint density at radius 1 is 1.30 bits per heavy atom. The molecular formula is C14H18N4O2. The van der Waals surface area contributed by atoms with Crippen LogP contribution in [0.2, 0.25) is 0 Å². The number of carbonyl (C=O) groups excluding carboxylic acids is 1. The van der Waals surface area contributed by atoms with Crippen molar-refractivity contribution >= 4 is 22.6 Å². The maximum Gasteiger partial charge on any atom is 0.323 e. The third-order valence-corrected chi connectivity index (χ3v) is 3.74. The standard InChI is InChI=1S/C14H18N4O2/c19-13(4-1-9-5-6-15-8-9)16-10-2-3-11-12(7-10)18-14(20)17-11/h2-3,7,9,15H,1,4-6,8H2,(H,16,19)(H2,17,18,20). The number of amides is 1. The van der Waals surface area contributed by atoms with Gasteiger partial charge in [0.2, 0.25) is 5.91 Å². The van der Waals surface area contributed by atoms with Gasteiger partial charge in [0.05, 0.1) is 11.0 Å². The minimum atomic E-state index is -0.239. The summed E-state index contributed by atoms with van der Waals surface area (Å²) in [5.41, 5.74) is 1.91. The van der Waals surface area contributed by atoms with Gasteiger partial charge in [-0.2, -0.15) is 0 Å². The number of hydrogen-bond donors (Lipinski definition) is 4. The summed E-state index contributed by atoms with van der Waals surface area (Å²) in [6.07, 6.45) is 2.61. The molecular weight excluding hydrogens is 256 g/mol. The third-order valence-electron chi connectivity index (χ3n) is 3.74. The van der Waals surface area contributed by atoms with E-state index in [0.29, 0.717) is 23.5 Å². The Hall–Kier alpha value is -2.08. The molecule has 0 radical (unpaired) electrons. The van der Waals surface area contributed by atoms with E-state index in [0.717, 1.165) is 31.4 Å². The van der Waals surface area contributed by atoms with Gasteiger partial charge in [-0.3, -0.25) is 4.79 Å². The van der Waals surface area contributed by atoms with Crippen LogP contribution in [-0.4, -0.2) is 29.0 Å². The smallest absolute Gasteiger partial charge is 0.323 e. The van der Waals surface area contributed by atoms with E-state index >= 15 is 0 Å². The Morgan fingerprint density at radius 3 is 2.95 bits per heavy atom. The summed E-state index contributed by atoms with van der Waals surface area (Å²) < 4.78 is 0. The Kier molecular flexibility index (Phi) is 3.56. The molecule has 1 aromatic carbocycles. The molecule has 1 unspecified atom stereocenters. The molecule has 1 amide bonds. The van der Waals surface area contributed by atoms with Crippen molar-refractivity contribution in [2.45, 2.75) is 19.3 Å². The van der Waals surface area contributed by atoms with Crippen molar-refractivity contribution < 1.29 is 4.79 Å². The molecule has 2 heterocycles. The molecule has 6 nitrogen and oxygen atoms in total. The van der Waals surface area contributed by atoms with E-state index in [9.17, 15) is 9.59 Å². The molecule has 0 saturated carbocycles. The van der Waals surface area contributed by atoms with Gasteiger partial charge in [0.15, 0.2) is 0 Å². The van der Waals surface area contributed by atoms with Gasteiger partial charge in [-0.1, -0.05) is 0 Å². The van der Waals surface area contributed by atoms with Crippen LogP contribution in [0.4, 0.5) is 5.69 Å². The van der Waals surface area contributed by atoms with Gasteiger partial charge >= 0.3 is 5.69 Å². The van der Waals surface area contributed by atoms with Crippen molar-refractivity contribution in [3.63, 3.8) is 0 Å². The first kappa shape index (κ1) is 12.9. The maximum absolute atomic E-state index is 11.9. The normalized spacial score (nSPS) is 18.5. The first-order chi connectivity index (χ1) is 9.70. The topological polar surface area (TPSA) is 89.8 Å². The number of fused-ring (bicyclic) bond motifs is 1. The van der Waals surface area contributed by atoms with Crippen LogP contribution in [0.5, 0.6) is 0 Å². The van der Waals surface area contributed by atoms with E-state index in [1.807, 2.05) is 0 Å². The number of rotatable bonds is 4. The number of H-pyrrole nitrogens is 2. The lowest BCUT2D eigenvalue weighted by Gasteiger charge is -2.08. The highest BCUT2D eigenvalue weighted by molar-refractivity contribution is 5.92. The van der Waals surface area contributed by atoms with Crippen LogP contribution < -0.4 is 16.3 Å². The first-order valence-electron chi connectivity index (χ1n) is 6.93. The van der Waals surface area contributed by atoms with Gasteiger partial charge in [0, 0.05) is 12.1 Å². The summed E-state index contributed by atoms with van der Waals surface area (Å²) in [4.78, 5) is 28.4. The lowest BCUT2D eigenvalue weighted by Crippen LogP contribution is -2.14. The Balaban J connectivity index is 1.60. The Morgan fingerprint density at radius 2 is 2.15 bits per heavy atom. The fourth-order valence-electron chi connectivity index (χ4n) is 2.63. The minimum Gasteiger partial charge on any atom is -0.326 e. The zero-order chi connectivity index (χ0) is 13.9. The van der Waals surface area contributed by atoms with Crippen molar-refractivity contribution in [2.75, 3.05) is 18.4 Å². The monoisotopic (exact) mass is 274 g/mol. The zero-order valence-corrected chi connectivity index (χ0v) is 11.2. The first-order valence-corrected chi connectivity index (χ1v) is 6.93. The number of aromatic nitrogens is 2. The average molecular weight is 274 g/mol. The number of anilines is 1. The molecule has 0 aliphatic carbocycles. The third kappa shape index (κ3) is 2.91. The van der Waals surface area contributed by atoms with Gasteiger partial charge < -0.3 is 20.6 Å². The van der Waals surface area contributed by atoms with Crippen LogP contribution in [0, 0.1) is 5.92 Å². The van der Waals surface area contributed by atoms with E-state index in [1.54, 1.807) is 18.2 Å². The minimum absolute atomic E-state index is 0.0223. The summed E-state index contributed by atoms with van der Waals surface area (Å²) in [6, 6.07) is 5.34. The number of benzene rings is 1. The van der Waals surface area contributed by atoms with E-state index in [4.69, 9.17) is 0 Å². The Bertz CT molecular complexity index is 667. The molecule has 2 aromatic rings. The lowest BCUT2D eigenvalue weighted by atomic mass is 10.0. The lowest BCUT2D eigenvalue weighted by molar-refractivity contribution is -0.116. The molecule has 20 heavy (non-hydrogen) atoms. The molecule has 1 atom stereocenters. The largest absolute Gasteiger partial charge is 0.326 e. The molecule has 1 saturated heterocycles. The van der Waals surface area contributed by atoms with Crippen LogP contribution in [-0.2, 0) is 4.79 Å². The molecule has 1 fully saturated rings. The molecule has 3 rings (SSSR count). The summed E-state index contributed by atoms with van der Waals surface area (Å²) in [5, 5.41) is 6.17. The highest BCUT2D eigenvalue weighted by atomic mass is 16.1. The maximum atomic E-state index is 11.9. The summed E-state index contributed by atoms with van der Waals surface area (Å²) in [5.74, 6) is 0.637. The van der Waals surface area contributed by atoms with Crippen LogP contribution in [0.1, 0.15) is 19.3 Å². The summed E-state index contributed by atoms with van der Waals surface area (Å²) in [7, 11) is 0. The van der Waals surface area contributed by atoms with Crippen molar-refractivity contribution in [2.24, 2.45) is 5.92 Å². The highest BCUT2D eigenvalue weighted by Gasteiger charge is 2.15. The molecule has 6 heteroatoms. The predicted molar refractivity (Wildman–Crippen MR) is 77.8 cm³/mol. The van der Waals surface area contributed by atoms with Crippen LogP contribution >= 0.6 is 0 Å².